The zero-order valence-corrected chi connectivity index (χ0v) is 12.8. The lowest BCUT2D eigenvalue weighted by atomic mass is 10.0. The van der Waals surface area contributed by atoms with Gasteiger partial charge in [0.05, 0.1) is 0 Å². The topological polar surface area (TPSA) is 63.3 Å². The van der Waals surface area contributed by atoms with Gasteiger partial charge in [0.15, 0.2) is 0 Å². The van der Waals surface area contributed by atoms with Crippen molar-refractivity contribution in [3.8, 4) is 0 Å². The van der Waals surface area contributed by atoms with Crippen LogP contribution in [0.3, 0.4) is 0 Å². The molecule has 1 atom stereocenters. The van der Waals surface area contributed by atoms with E-state index in [1.807, 2.05) is 37.3 Å². The minimum atomic E-state index is -0.961. The third-order valence-electron chi connectivity index (χ3n) is 3.33. The Morgan fingerprint density at radius 3 is 2.62 bits per heavy atom. The maximum Gasteiger partial charge on any atom is 0.320 e. The first-order valence-electron chi connectivity index (χ1n) is 6.81. The van der Waals surface area contributed by atoms with Gasteiger partial charge in [0.1, 0.15) is 6.04 Å². The Balaban J connectivity index is 2.06. The summed E-state index contributed by atoms with van der Waals surface area (Å²) in [4.78, 5) is 12.0. The lowest BCUT2D eigenvalue weighted by Crippen LogP contribution is -2.32. The van der Waals surface area contributed by atoms with Crippen molar-refractivity contribution in [2.75, 3.05) is 0 Å². The molecule has 3 nitrogen and oxygen atoms in total. The van der Waals surface area contributed by atoms with E-state index in [1.165, 1.54) is 5.56 Å². The summed E-state index contributed by atoms with van der Waals surface area (Å²) in [6.45, 7) is 1.98. The van der Waals surface area contributed by atoms with Gasteiger partial charge in [-0.05, 0) is 42.2 Å². The third kappa shape index (κ3) is 4.62. The molecule has 0 bridgehead atoms. The molecule has 2 aromatic rings. The van der Waals surface area contributed by atoms with E-state index in [-0.39, 0.29) is 0 Å². The second-order valence-electron chi connectivity index (χ2n) is 5.01. The van der Waals surface area contributed by atoms with Crippen LogP contribution >= 0.6 is 11.8 Å². The molecule has 0 radical (unpaired) electrons. The van der Waals surface area contributed by atoms with Gasteiger partial charge in [0.25, 0.3) is 0 Å². The van der Waals surface area contributed by atoms with E-state index in [0.29, 0.717) is 6.42 Å². The van der Waals surface area contributed by atoms with Crippen molar-refractivity contribution in [1.29, 1.82) is 0 Å². The number of carboxylic acid groups (broad SMARTS) is 1. The van der Waals surface area contributed by atoms with Crippen LogP contribution in [0.25, 0.3) is 0 Å². The quantitative estimate of drug-likeness (QED) is 0.804. The second kappa shape index (κ2) is 7.29. The molecule has 0 heterocycles. The number of carboxylic acids is 1. The highest BCUT2D eigenvalue weighted by Gasteiger charge is 2.13. The predicted molar refractivity (Wildman–Crippen MR) is 86.5 cm³/mol. The summed E-state index contributed by atoms with van der Waals surface area (Å²) in [6.07, 6.45) is 0.362. The summed E-state index contributed by atoms with van der Waals surface area (Å²) in [7, 11) is 0. The summed E-state index contributed by atoms with van der Waals surface area (Å²) in [5.41, 5.74) is 8.98. The highest BCUT2D eigenvalue weighted by atomic mass is 32.2. The summed E-state index contributed by atoms with van der Waals surface area (Å²) in [6, 6.07) is 15.6. The second-order valence-corrected chi connectivity index (χ2v) is 6.06. The number of benzene rings is 2. The first-order valence-corrected chi connectivity index (χ1v) is 7.79. The van der Waals surface area contributed by atoms with Crippen LogP contribution in [0.5, 0.6) is 0 Å². The molecule has 0 unspecified atom stereocenters. The monoisotopic (exact) mass is 301 g/mol. The molecule has 0 aliphatic heterocycles. The summed E-state index contributed by atoms with van der Waals surface area (Å²) < 4.78 is 0. The van der Waals surface area contributed by atoms with Crippen LogP contribution in [0.4, 0.5) is 0 Å². The fourth-order valence-electron chi connectivity index (χ4n) is 2.02. The molecule has 110 valence electrons. The van der Waals surface area contributed by atoms with Gasteiger partial charge in [-0.15, -0.1) is 11.8 Å². The molecular formula is C17H19NO2S. The largest absolute Gasteiger partial charge is 0.480 e. The number of hydrogen-bond donors (Lipinski definition) is 2. The van der Waals surface area contributed by atoms with Gasteiger partial charge in [-0.2, -0.15) is 0 Å². The third-order valence-corrected chi connectivity index (χ3v) is 4.39. The molecule has 0 saturated heterocycles. The normalized spacial score (nSPS) is 12.1. The van der Waals surface area contributed by atoms with Gasteiger partial charge in [0, 0.05) is 10.6 Å². The molecule has 4 heteroatoms. The Kier molecular flexibility index (Phi) is 5.42. The van der Waals surface area contributed by atoms with E-state index < -0.39 is 12.0 Å². The molecular weight excluding hydrogens is 282 g/mol. The van der Waals surface area contributed by atoms with Crippen LogP contribution in [0.15, 0.2) is 53.4 Å². The lowest BCUT2D eigenvalue weighted by molar-refractivity contribution is -0.138. The zero-order chi connectivity index (χ0) is 15.2. The molecule has 0 fully saturated rings. The fraction of sp³-hybridized carbons (Fsp3) is 0.235. The van der Waals surface area contributed by atoms with Gasteiger partial charge >= 0.3 is 5.97 Å². The molecule has 3 N–H and O–H groups in total. The number of carbonyl (C=O) groups is 1. The molecule has 0 amide bonds. The van der Waals surface area contributed by atoms with Crippen LogP contribution in [0.2, 0.25) is 0 Å². The minimum Gasteiger partial charge on any atom is -0.480 e. The Bertz CT molecular complexity index is 613. The van der Waals surface area contributed by atoms with E-state index in [2.05, 4.69) is 18.2 Å². The van der Waals surface area contributed by atoms with Crippen molar-refractivity contribution in [2.24, 2.45) is 5.73 Å². The van der Waals surface area contributed by atoms with Crippen LogP contribution in [-0.4, -0.2) is 17.1 Å². The van der Waals surface area contributed by atoms with Gasteiger partial charge in [-0.25, -0.2) is 0 Å². The van der Waals surface area contributed by atoms with Crippen LogP contribution in [0.1, 0.15) is 16.7 Å². The number of aryl methyl sites for hydroxylation is 1. The molecule has 0 aliphatic carbocycles. The van der Waals surface area contributed by atoms with E-state index in [1.54, 1.807) is 11.8 Å². The Morgan fingerprint density at radius 2 is 1.95 bits per heavy atom. The Labute approximate surface area is 129 Å². The molecule has 2 aromatic carbocycles. The van der Waals surface area contributed by atoms with Gasteiger partial charge in [-0.3, -0.25) is 4.79 Å². The standard InChI is InChI=1S/C17H19NO2S/c1-12-7-8-15(9-14(12)10-16(18)17(19)20)21-11-13-5-3-2-4-6-13/h2-9,16H,10-11,18H2,1H3,(H,19,20)/t16-/m0/s1. The Hall–Kier alpha value is -1.78. The molecule has 0 aromatic heterocycles. The maximum absolute atomic E-state index is 10.9. The zero-order valence-electron chi connectivity index (χ0n) is 12.0. The SMILES string of the molecule is Cc1ccc(SCc2ccccc2)cc1C[C@H](N)C(=O)O. The average Bonchev–Trinajstić information content (AvgIpc) is 2.49. The van der Waals surface area contributed by atoms with Crippen molar-refractivity contribution < 1.29 is 9.90 Å². The lowest BCUT2D eigenvalue weighted by Gasteiger charge is -2.11. The van der Waals surface area contributed by atoms with E-state index in [0.717, 1.165) is 21.8 Å². The van der Waals surface area contributed by atoms with Crippen LogP contribution in [0, 0.1) is 6.92 Å². The summed E-state index contributed by atoms with van der Waals surface area (Å²) in [5, 5.41) is 8.93. The number of thioether (sulfide) groups is 1. The number of hydrogen-bond acceptors (Lipinski definition) is 3. The summed E-state index contributed by atoms with van der Waals surface area (Å²) in [5.74, 6) is -0.0642. The van der Waals surface area contributed by atoms with Crippen molar-refractivity contribution in [3.63, 3.8) is 0 Å². The van der Waals surface area contributed by atoms with E-state index in [9.17, 15) is 4.79 Å². The van der Waals surface area contributed by atoms with Gasteiger partial charge in [-0.1, -0.05) is 36.4 Å². The van der Waals surface area contributed by atoms with Crippen LogP contribution in [-0.2, 0) is 17.0 Å². The van der Waals surface area contributed by atoms with Crippen LogP contribution < -0.4 is 5.73 Å². The molecule has 0 spiro atoms. The molecule has 0 aliphatic rings. The van der Waals surface area contributed by atoms with Crippen molar-refractivity contribution in [1.82, 2.24) is 0 Å². The van der Waals surface area contributed by atoms with Gasteiger partial charge in [0.2, 0.25) is 0 Å². The maximum atomic E-state index is 10.9. The fourth-order valence-corrected chi connectivity index (χ4v) is 2.94. The van der Waals surface area contributed by atoms with E-state index >= 15 is 0 Å². The average molecular weight is 301 g/mol. The smallest absolute Gasteiger partial charge is 0.320 e. The number of aliphatic carboxylic acids is 1. The van der Waals surface area contributed by atoms with Crippen molar-refractivity contribution in [3.05, 3.63) is 65.2 Å². The Morgan fingerprint density at radius 1 is 1.24 bits per heavy atom. The highest BCUT2D eigenvalue weighted by molar-refractivity contribution is 7.98. The molecule has 21 heavy (non-hydrogen) atoms. The van der Waals surface area contributed by atoms with Gasteiger partial charge < -0.3 is 10.8 Å². The number of nitrogens with two attached hydrogens (primary N) is 1. The number of rotatable bonds is 6. The van der Waals surface area contributed by atoms with E-state index in [4.69, 9.17) is 10.8 Å². The molecule has 0 saturated carbocycles. The highest BCUT2D eigenvalue weighted by Crippen LogP contribution is 2.25. The van der Waals surface area contributed by atoms with Crippen molar-refractivity contribution >= 4 is 17.7 Å². The summed E-state index contributed by atoms with van der Waals surface area (Å²) >= 11 is 1.74. The first-order chi connectivity index (χ1) is 10.1. The first kappa shape index (κ1) is 15.6. The van der Waals surface area contributed by atoms with Crippen molar-refractivity contribution in [2.45, 2.75) is 30.0 Å². The predicted octanol–water partition coefficient (Wildman–Crippen LogP) is 3.24. The minimum absolute atomic E-state index is 0.362. The molecule has 2 rings (SSSR count).